The van der Waals surface area contributed by atoms with E-state index in [1.807, 2.05) is 18.7 Å². The molecule has 0 amide bonds. The van der Waals surface area contributed by atoms with Gasteiger partial charge in [0.1, 0.15) is 0 Å². The molecule has 0 atom stereocenters. The van der Waals surface area contributed by atoms with Crippen LogP contribution in [0.1, 0.15) is 26.7 Å². The number of amidine groups is 1. The molecule has 1 heterocycles. The molecular formula is C10H18F2N2. The van der Waals surface area contributed by atoms with Crippen LogP contribution in [-0.2, 0) is 0 Å². The molecule has 0 radical (unpaired) electrons. The summed E-state index contributed by atoms with van der Waals surface area (Å²) >= 11 is 0. The minimum absolute atomic E-state index is 0.193. The van der Waals surface area contributed by atoms with Gasteiger partial charge in [-0.3, -0.25) is 5.41 Å². The van der Waals surface area contributed by atoms with E-state index in [4.69, 9.17) is 5.41 Å². The number of piperidine rings is 1. The van der Waals surface area contributed by atoms with Crippen LogP contribution in [0.15, 0.2) is 0 Å². The summed E-state index contributed by atoms with van der Waals surface area (Å²) in [5.41, 5.74) is 0. The van der Waals surface area contributed by atoms with E-state index in [1.165, 1.54) is 0 Å². The van der Waals surface area contributed by atoms with E-state index in [1.54, 1.807) is 0 Å². The highest BCUT2D eigenvalue weighted by molar-refractivity contribution is 5.81. The molecule has 82 valence electrons. The summed E-state index contributed by atoms with van der Waals surface area (Å²) in [7, 11) is 0. The monoisotopic (exact) mass is 204 g/mol. The molecule has 1 saturated heterocycles. The zero-order valence-corrected chi connectivity index (χ0v) is 8.76. The molecule has 0 unspecified atom stereocenters. The molecule has 0 aromatic carbocycles. The van der Waals surface area contributed by atoms with Crippen molar-refractivity contribution in [1.82, 2.24) is 4.90 Å². The lowest BCUT2D eigenvalue weighted by Crippen LogP contribution is -2.41. The Kier molecular flexibility index (Phi) is 3.84. The van der Waals surface area contributed by atoms with Crippen LogP contribution >= 0.6 is 0 Å². The van der Waals surface area contributed by atoms with Gasteiger partial charge in [0.2, 0.25) is 6.43 Å². The summed E-state index contributed by atoms with van der Waals surface area (Å²) < 4.78 is 24.7. The van der Waals surface area contributed by atoms with Crippen molar-refractivity contribution in [3.8, 4) is 0 Å². The lowest BCUT2D eigenvalue weighted by molar-refractivity contribution is 0.0466. The number of nitrogens with zero attached hydrogens (tertiary/aromatic N) is 1. The second kappa shape index (κ2) is 4.71. The van der Waals surface area contributed by atoms with Gasteiger partial charge in [0.25, 0.3) is 0 Å². The Labute approximate surface area is 83.8 Å². The van der Waals surface area contributed by atoms with E-state index >= 15 is 0 Å². The summed E-state index contributed by atoms with van der Waals surface area (Å²) in [4.78, 5) is 1.92. The van der Waals surface area contributed by atoms with Crippen LogP contribution < -0.4 is 0 Å². The van der Waals surface area contributed by atoms with Crippen molar-refractivity contribution in [3.63, 3.8) is 0 Å². The average molecular weight is 204 g/mol. The molecule has 2 nitrogen and oxygen atoms in total. The lowest BCUT2D eigenvalue weighted by atomic mass is 9.96. The third-order valence-corrected chi connectivity index (χ3v) is 2.78. The molecule has 4 heteroatoms. The van der Waals surface area contributed by atoms with Gasteiger partial charge in [0.05, 0.1) is 5.84 Å². The number of likely N-dealkylation sites (tertiary alicyclic amines) is 1. The van der Waals surface area contributed by atoms with Crippen molar-refractivity contribution in [2.24, 2.45) is 11.8 Å². The van der Waals surface area contributed by atoms with Crippen molar-refractivity contribution in [2.45, 2.75) is 33.1 Å². The minimum atomic E-state index is -2.19. The first-order chi connectivity index (χ1) is 6.52. The van der Waals surface area contributed by atoms with E-state index in [-0.39, 0.29) is 5.92 Å². The third-order valence-electron chi connectivity index (χ3n) is 2.78. The fraction of sp³-hybridized carbons (Fsp3) is 0.900. The molecule has 1 aliphatic heterocycles. The van der Waals surface area contributed by atoms with Crippen molar-refractivity contribution in [1.29, 1.82) is 5.41 Å². The maximum absolute atomic E-state index is 12.3. The van der Waals surface area contributed by atoms with E-state index in [0.717, 1.165) is 0 Å². The van der Waals surface area contributed by atoms with Gasteiger partial charge in [-0.05, 0) is 12.8 Å². The lowest BCUT2D eigenvalue weighted by Gasteiger charge is -2.34. The van der Waals surface area contributed by atoms with Gasteiger partial charge in [-0.15, -0.1) is 0 Å². The molecule has 14 heavy (non-hydrogen) atoms. The fourth-order valence-corrected chi connectivity index (χ4v) is 1.76. The van der Waals surface area contributed by atoms with E-state index in [0.29, 0.717) is 31.8 Å². The molecule has 1 N–H and O–H groups in total. The predicted molar refractivity (Wildman–Crippen MR) is 52.9 cm³/mol. The molecule has 0 bridgehead atoms. The highest BCUT2D eigenvalue weighted by Gasteiger charge is 2.27. The van der Waals surface area contributed by atoms with Crippen LogP contribution in [0.25, 0.3) is 0 Å². The van der Waals surface area contributed by atoms with Crippen LogP contribution in [0.3, 0.4) is 0 Å². The largest absolute Gasteiger partial charge is 0.360 e. The molecule has 1 aliphatic rings. The number of hydrogen-bond donors (Lipinski definition) is 1. The van der Waals surface area contributed by atoms with E-state index < -0.39 is 12.3 Å². The first kappa shape index (κ1) is 11.4. The predicted octanol–water partition coefficient (Wildman–Crippen LogP) is 2.60. The number of alkyl halides is 2. The van der Waals surface area contributed by atoms with Gasteiger partial charge >= 0.3 is 0 Å². The summed E-state index contributed by atoms with van der Waals surface area (Å²) in [6.07, 6.45) is -1.15. The fourth-order valence-electron chi connectivity index (χ4n) is 1.76. The maximum Gasteiger partial charge on any atom is 0.241 e. The molecular weight excluding hydrogens is 186 g/mol. The van der Waals surface area contributed by atoms with Crippen LogP contribution in [0.4, 0.5) is 8.78 Å². The molecule has 0 aromatic rings. The second-order valence-electron chi connectivity index (χ2n) is 4.20. The minimum Gasteiger partial charge on any atom is -0.360 e. The summed E-state index contributed by atoms with van der Waals surface area (Å²) in [5.74, 6) is 0.321. The van der Waals surface area contributed by atoms with Gasteiger partial charge in [-0.2, -0.15) is 0 Å². The van der Waals surface area contributed by atoms with E-state index in [9.17, 15) is 8.78 Å². The molecule has 0 spiro atoms. The molecule has 0 aromatic heterocycles. The van der Waals surface area contributed by atoms with Crippen molar-refractivity contribution in [3.05, 3.63) is 0 Å². The topological polar surface area (TPSA) is 27.1 Å². The van der Waals surface area contributed by atoms with E-state index in [2.05, 4.69) is 0 Å². The zero-order valence-electron chi connectivity index (χ0n) is 8.76. The quantitative estimate of drug-likeness (QED) is 0.543. The highest BCUT2D eigenvalue weighted by atomic mass is 19.3. The summed E-state index contributed by atoms with van der Waals surface area (Å²) in [6.45, 7) is 5.15. The highest BCUT2D eigenvalue weighted by Crippen LogP contribution is 2.24. The maximum atomic E-state index is 12.3. The number of hydrogen-bond acceptors (Lipinski definition) is 1. The van der Waals surface area contributed by atoms with Gasteiger partial charge in [0.15, 0.2) is 0 Å². The Morgan fingerprint density at radius 2 is 1.79 bits per heavy atom. The molecule has 0 saturated carbocycles. The van der Waals surface area contributed by atoms with Crippen molar-refractivity contribution in [2.75, 3.05) is 13.1 Å². The first-order valence-electron chi connectivity index (χ1n) is 5.14. The normalized spacial score (nSPS) is 19.4. The second-order valence-corrected chi connectivity index (χ2v) is 4.20. The smallest absolute Gasteiger partial charge is 0.241 e. The van der Waals surface area contributed by atoms with Gasteiger partial charge in [-0.1, -0.05) is 13.8 Å². The summed E-state index contributed by atoms with van der Waals surface area (Å²) in [6, 6.07) is 0. The Morgan fingerprint density at radius 3 is 2.14 bits per heavy atom. The van der Waals surface area contributed by atoms with Gasteiger partial charge in [-0.25, -0.2) is 8.78 Å². The van der Waals surface area contributed by atoms with Crippen LogP contribution in [0, 0.1) is 17.2 Å². The van der Waals surface area contributed by atoms with Crippen LogP contribution in [0.5, 0.6) is 0 Å². The standard InChI is InChI=1S/C10H18F2N2/c1-7(2)10(13)14-5-3-8(4-6-14)9(11)12/h7-9,13H,3-6H2,1-2H3. The third kappa shape index (κ3) is 2.66. The number of nitrogens with one attached hydrogen (secondary N) is 1. The first-order valence-corrected chi connectivity index (χ1v) is 5.14. The summed E-state index contributed by atoms with van der Waals surface area (Å²) in [5, 5.41) is 7.75. The van der Waals surface area contributed by atoms with Crippen LogP contribution in [-0.4, -0.2) is 30.3 Å². The molecule has 1 rings (SSSR count). The average Bonchev–Trinajstić information content (AvgIpc) is 2.16. The van der Waals surface area contributed by atoms with Gasteiger partial charge in [0, 0.05) is 24.9 Å². The SMILES string of the molecule is CC(C)C(=N)N1CCC(C(F)F)CC1. The Bertz CT molecular complexity index is 196. The molecule has 0 aliphatic carbocycles. The number of halogens is 2. The van der Waals surface area contributed by atoms with Crippen molar-refractivity contribution >= 4 is 5.84 Å². The zero-order chi connectivity index (χ0) is 10.7. The van der Waals surface area contributed by atoms with Crippen LogP contribution in [0.2, 0.25) is 0 Å². The van der Waals surface area contributed by atoms with Crippen molar-refractivity contribution < 1.29 is 8.78 Å². The Morgan fingerprint density at radius 1 is 1.29 bits per heavy atom. The molecule has 1 fully saturated rings. The Balaban J connectivity index is 2.39. The number of rotatable bonds is 2. The Hall–Kier alpha value is -0.670. The van der Waals surface area contributed by atoms with Gasteiger partial charge < -0.3 is 4.90 Å².